The Morgan fingerprint density at radius 1 is 0.920 bits per heavy atom. The highest BCUT2D eigenvalue weighted by Gasteiger charge is 2.23. The number of imidazole rings is 1. The number of para-hydroxylation sites is 1. The van der Waals surface area contributed by atoms with E-state index in [0.717, 1.165) is 22.3 Å². The summed E-state index contributed by atoms with van der Waals surface area (Å²) in [4.78, 5) is 45.1. The first kappa shape index (κ1) is 33.1. The minimum Gasteiger partial charge on any atom is -0.465 e. The largest absolute Gasteiger partial charge is 0.516 e. The van der Waals surface area contributed by atoms with Gasteiger partial charge in [0.1, 0.15) is 12.4 Å². The molecule has 0 saturated carbocycles. The van der Waals surface area contributed by atoms with Crippen molar-refractivity contribution in [3.63, 3.8) is 0 Å². The van der Waals surface area contributed by atoms with Crippen LogP contribution >= 0.6 is 0 Å². The van der Waals surface area contributed by atoms with Crippen LogP contribution in [0.1, 0.15) is 35.3 Å². The molecule has 50 heavy (non-hydrogen) atoms. The Morgan fingerprint density at radius 2 is 1.66 bits per heavy atom. The molecule has 0 aliphatic rings. The summed E-state index contributed by atoms with van der Waals surface area (Å²) in [5.74, 6) is -0.162. The van der Waals surface area contributed by atoms with Crippen LogP contribution in [0.4, 0.5) is 4.79 Å². The average molecular weight is 680 g/mol. The van der Waals surface area contributed by atoms with E-state index in [0.29, 0.717) is 41.6 Å². The predicted molar refractivity (Wildman–Crippen MR) is 175 cm³/mol. The molecule has 0 aliphatic heterocycles. The van der Waals surface area contributed by atoms with Crippen LogP contribution < -0.4 is 9.47 Å². The number of ether oxygens (including phenoxy) is 4. The second kappa shape index (κ2) is 14.9. The van der Waals surface area contributed by atoms with E-state index in [-0.39, 0.29) is 17.9 Å². The number of tetrazole rings is 1. The van der Waals surface area contributed by atoms with Gasteiger partial charge in [-0.3, -0.25) is 4.57 Å². The van der Waals surface area contributed by atoms with Gasteiger partial charge in [0.05, 0.1) is 29.7 Å². The number of fused-ring (bicyclic) bond motifs is 1. The maximum atomic E-state index is 13.4. The molecule has 1 N–H and O–H groups in total. The Kier molecular flexibility index (Phi) is 9.88. The Bertz CT molecular complexity index is 2120. The van der Waals surface area contributed by atoms with Crippen LogP contribution in [0.5, 0.6) is 11.8 Å². The zero-order valence-electron chi connectivity index (χ0n) is 26.7. The fourth-order valence-electron chi connectivity index (χ4n) is 5.17. The minimum atomic E-state index is -1.32. The zero-order chi connectivity index (χ0) is 35.0. The molecule has 0 bridgehead atoms. The summed E-state index contributed by atoms with van der Waals surface area (Å²) in [6.07, 6.45) is -2.44. The lowest BCUT2D eigenvalue weighted by Gasteiger charge is -2.15. The molecule has 2 heterocycles. The summed E-state index contributed by atoms with van der Waals surface area (Å²) in [5.41, 5.74) is 5.29. The number of hydrogen-bond donors (Lipinski definition) is 1. The standard InChI is InChI=1S/C34H29N7O9/c1-3-46-33-35-29-10-6-9-28(32(42)48-21(2)49-34(43)50-25-17-13-23(14-18-25)20-47-41(44)45)30(29)40(33)19-22-11-15-24(16-12-22)26-7-4-5-8-27(26)31-36-38-39-37-31/h4-18,21H,3,19-20H2,1-2H3,(H,36,37,38,39). The lowest BCUT2D eigenvalue weighted by molar-refractivity contribution is -0.763. The smallest absolute Gasteiger partial charge is 0.465 e. The van der Waals surface area contributed by atoms with Gasteiger partial charge in [-0.25, -0.2) is 9.59 Å². The molecule has 6 rings (SSSR count). The molecular weight excluding hydrogens is 650 g/mol. The number of aromatic nitrogens is 6. The van der Waals surface area contributed by atoms with Crippen molar-refractivity contribution < 1.29 is 38.5 Å². The molecule has 0 radical (unpaired) electrons. The molecule has 254 valence electrons. The predicted octanol–water partition coefficient (Wildman–Crippen LogP) is 5.76. The molecule has 1 unspecified atom stereocenters. The number of carbonyl (C=O) groups excluding carboxylic acids is 2. The summed E-state index contributed by atoms with van der Waals surface area (Å²) in [6.45, 7) is 3.62. The highest BCUT2D eigenvalue weighted by atomic mass is 16.9. The number of nitrogens with zero attached hydrogens (tertiary/aromatic N) is 6. The van der Waals surface area contributed by atoms with E-state index in [2.05, 4.69) is 30.4 Å². The molecule has 1 atom stereocenters. The maximum Gasteiger partial charge on any atom is 0.516 e. The first-order valence-electron chi connectivity index (χ1n) is 15.3. The molecule has 0 saturated heterocycles. The Balaban J connectivity index is 1.17. The lowest BCUT2D eigenvalue weighted by Crippen LogP contribution is -2.24. The Labute approximate surface area is 283 Å². The molecule has 0 spiro atoms. The number of hydrogen-bond acceptors (Lipinski definition) is 13. The molecule has 0 fully saturated rings. The van der Waals surface area contributed by atoms with Crippen LogP contribution in [-0.4, -0.2) is 60.3 Å². The van der Waals surface area contributed by atoms with Gasteiger partial charge >= 0.3 is 12.1 Å². The van der Waals surface area contributed by atoms with Gasteiger partial charge < -0.3 is 23.8 Å². The number of rotatable bonds is 13. The van der Waals surface area contributed by atoms with Gasteiger partial charge in [0.15, 0.2) is 0 Å². The molecular formula is C34H29N7O9. The number of benzene rings is 4. The topological polar surface area (TPSA) is 196 Å². The number of H-pyrrole nitrogens is 1. The van der Waals surface area contributed by atoms with Crippen LogP contribution in [0, 0.1) is 10.1 Å². The van der Waals surface area contributed by atoms with E-state index in [9.17, 15) is 19.7 Å². The second-order valence-corrected chi connectivity index (χ2v) is 10.6. The van der Waals surface area contributed by atoms with Crippen LogP contribution in [0.2, 0.25) is 0 Å². The third kappa shape index (κ3) is 7.65. The van der Waals surface area contributed by atoms with Crippen molar-refractivity contribution >= 4 is 23.2 Å². The highest BCUT2D eigenvalue weighted by molar-refractivity contribution is 6.02. The lowest BCUT2D eigenvalue weighted by atomic mass is 9.98. The van der Waals surface area contributed by atoms with Crippen LogP contribution in [0.25, 0.3) is 33.5 Å². The van der Waals surface area contributed by atoms with Crippen LogP contribution in [-0.2, 0) is 27.5 Å². The first-order chi connectivity index (χ1) is 24.3. The SMILES string of the molecule is CCOc1nc2cccc(C(=O)OC(C)OC(=O)Oc3ccc(CO[N+](=O)[O-])cc3)c2n1Cc1ccc(-c2ccccc2-c2nn[nH]n2)cc1. The summed E-state index contributed by atoms with van der Waals surface area (Å²) in [5, 5.41) is 23.9. The van der Waals surface area contributed by atoms with Crippen molar-refractivity contribution in [1.82, 2.24) is 30.2 Å². The van der Waals surface area contributed by atoms with E-state index in [1.165, 1.54) is 31.2 Å². The van der Waals surface area contributed by atoms with Crippen molar-refractivity contribution in [2.24, 2.45) is 0 Å². The van der Waals surface area contributed by atoms with Crippen LogP contribution in [0.15, 0.2) is 91.0 Å². The van der Waals surface area contributed by atoms with Gasteiger partial charge in [0, 0.05) is 12.5 Å². The van der Waals surface area contributed by atoms with Gasteiger partial charge in [-0.15, -0.1) is 20.3 Å². The summed E-state index contributed by atoms with van der Waals surface area (Å²) < 4.78 is 23.4. The molecule has 6 aromatic rings. The zero-order valence-corrected chi connectivity index (χ0v) is 26.7. The van der Waals surface area contributed by atoms with Crippen LogP contribution in [0.3, 0.4) is 0 Å². The number of nitrogens with one attached hydrogen (secondary N) is 1. The van der Waals surface area contributed by atoms with Crippen molar-refractivity contribution in [1.29, 1.82) is 0 Å². The fraction of sp³-hybridized carbons (Fsp3) is 0.176. The third-order valence-corrected chi connectivity index (χ3v) is 7.34. The van der Waals surface area contributed by atoms with Crippen molar-refractivity contribution in [2.75, 3.05) is 6.61 Å². The highest BCUT2D eigenvalue weighted by Crippen LogP contribution is 2.31. The second-order valence-electron chi connectivity index (χ2n) is 10.6. The molecule has 0 aliphatic carbocycles. The molecule has 2 aromatic heterocycles. The maximum absolute atomic E-state index is 13.4. The van der Waals surface area contributed by atoms with E-state index in [1.807, 2.05) is 55.5 Å². The quantitative estimate of drug-likeness (QED) is 0.0509. The molecule has 0 amide bonds. The van der Waals surface area contributed by atoms with Crippen molar-refractivity contribution in [3.8, 4) is 34.3 Å². The molecule has 16 nitrogen and oxygen atoms in total. The third-order valence-electron chi connectivity index (χ3n) is 7.34. The Morgan fingerprint density at radius 3 is 2.36 bits per heavy atom. The van der Waals surface area contributed by atoms with E-state index in [1.54, 1.807) is 22.8 Å². The van der Waals surface area contributed by atoms with Crippen molar-refractivity contribution in [2.45, 2.75) is 33.3 Å². The number of esters is 1. The number of carbonyl (C=O) groups is 2. The Hall–Kier alpha value is -6.84. The monoisotopic (exact) mass is 679 g/mol. The van der Waals surface area contributed by atoms with Crippen molar-refractivity contribution in [3.05, 3.63) is 118 Å². The normalized spacial score (nSPS) is 11.5. The van der Waals surface area contributed by atoms with E-state index >= 15 is 0 Å². The first-order valence-corrected chi connectivity index (χ1v) is 15.3. The van der Waals surface area contributed by atoms with Gasteiger partial charge in [0.25, 0.3) is 11.1 Å². The van der Waals surface area contributed by atoms with Gasteiger partial charge in [0.2, 0.25) is 12.1 Å². The fourth-order valence-corrected chi connectivity index (χ4v) is 5.17. The summed E-state index contributed by atoms with van der Waals surface area (Å²) in [7, 11) is 0. The van der Waals surface area contributed by atoms with Gasteiger partial charge in [-0.05, 0) is 58.7 Å². The summed E-state index contributed by atoms with van der Waals surface area (Å²) >= 11 is 0. The van der Waals surface area contributed by atoms with E-state index < -0.39 is 23.5 Å². The molecule has 16 heteroatoms. The van der Waals surface area contributed by atoms with Gasteiger partial charge in [-0.1, -0.05) is 66.7 Å². The summed E-state index contributed by atoms with van der Waals surface area (Å²) in [6, 6.07) is 26.8. The average Bonchev–Trinajstić information content (AvgIpc) is 3.77. The number of aromatic amines is 1. The van der Waals surface area contributed by atoms with E-state index in [4.69, 9.17) is 18.9 Å². The molecule has 4 aromatic carbocycles. The van der Waals surface area contributed by atoms with Gasteiger partial charge in [-0.2, -0.15) is 10.2 Å². The minimum absolute atomic E-state index is 0.111.